The smallest absolute Gasteiger partial charge is 0.218 e. The van der Waals surface area contributed by atoms with Crippen molar-refractivity contribution in [2.24, 2.45) is 0 Å². The van der Waals surface area contributed by atoms with Gasteiger partial charge in [0.15, 0.2) is 0 Å². The van der Waals surface area contributed by atoms with Crippen LogP contribution in [0.1, 0.15) is 30.9 Å². The predicted molar refractivity (Wildman–Crippen MR) is 64.5 cm³/mol. The fourth-order valence-corrected chi connectivity index (χ4v) is 2.29. The summed E-state index contributed by atoms with van der Waals surface area (Å²) < 4.78 is 5.31. The van der Waals surface area contributed by atoms with Crippen molar-refractivity contribution in [1.29, 1.82) is 0 Å². The maximum Gasteiger partial charge on any atom is 0.218 e. The van der Waals surface area contributed by atoms with Crippen LogP contribution in [0.25, 0.3) is 0 Å². The van der Waals surface area contributed by atoms with Crippen molar-refractivity contribution in [3.8, 4) is 5.88 Å². The first-order valence-electron chi connectivity index (χ1n) is 5.72. The summed E-state index contributed by atoms with van der Waals surface area (Å²) in [4.78, 5) is 4.25. The summed E-state index contributed by atoms with van der Waals surface area (Å²) in [5.41, 5.74) is 2.58. The zero-order chi connectivity index (χ0) is 11.4. The minimum Gasteiger partial charge on any atom is -0.481 e. The second-order valence-corrected chi connectivity index (χ2v) is 3.99. The normalized spacial score (nSPS) is 17.0. The molecular formula is C13H18N2O. The highest BCUT2D eigenvalue weighted by Crippen LogP contribution is 2.33. The van der Waals surface area contributed by atoms with Crippen molar-refractivity contribution < 1.29 is 4.74 Å². The third kappa shape index (κ3) is 2.09. The van der Waals surface area contributed by atoms with E-state index >= 15 is 0 Å². The summed E-state index contributed by atoms with van der Waals surface area (Å²) in [5.74, 6) is 0.717. The molecule has 0 fully saturated rings. The van der Waals surface area contributed by atoms with Gasteiger partial charge in [0.05, 0.1) is 13.2 Å². The molecule has 0 saturated carbocycles. The lowest BCUT2D eigenvalue weighted by Gasteiger charge is -2.19. The molecule has 3 heteroatoms. The zero-order valence-corrected chi connectivity index (χ0v) is 9.86. The van der Waals surface area contributed by atoms with Crippen LogP contribution in [0.3, 0.4) is 0 Å². The zero-order valence-electron chi connectivity index (χ0n) is 9.86. The molecule has 86 valence electrons. The number of aromatic nitrogens is 1. The molecule has 0 saturated heterocycles. The number of rotatable bonds is 4. The van der Waals surface area contributed by atoms with E-state index in [1.807, 2.05) is 13.1 Å². The highest BCUT2D eigenvalue weighted by molar-refractivity contribution is 5.36. The fraction of sp³-hybridized carbons (Fsp3) is 0.462. The summed E-state index contributed by atoms with van der Waals surface area (Å²) >= 11 is 0. The van der Waals surface area contributed by atoms with Crippen LogP contribution in [0.4, 0.5) is 0 Å². The minimum absolute atomic E-state index is 0.242. The van der Waals surface area contributed by atoms with E-state index in [-0.39, 0.29) is 6.04 Å². The van der Waals surface area contributed by atoms with Gasteiger partial charge in [-0.15, -0.1) is 0 Å². The molecule has 16 heavy (non-hydrogen) atoms. The van der Waals surface area contributed by atoms with Crippen LogP contribution in [0.15, 0.2) is 30.0 Å². The number of nitrogens with zero attached hydrogens (tertiary/aromatic N) is 1. The molecule has 1 aliphatic carbocycles. The molecule has 1 aliphatic rings. The van der Waals surface area contributed by atoms with Crippen molar-refractivity contribution >= 4 is 0 Å². The average molecular weight is 218 g/mol. The lowest BCUT2D eigenvalue weighted by atomic mass is 9.99. The molecule has 0 radical (unpaired) electrons. The number of methoxy groups -OCH3 is 1. The van der Waals surface area contributed by atoms with Crippen LogP contribution in [-0.2, 0) is 0 Å². The lowest BCUT2D eigenvalue weighted by Crippen LogP contribution is -2.19. The highest BCUT2D eigenvalue weighted by atomic mass is 16.5. The van der Waals surface area contributed by atoms with E-state index in [2.05, 4.69) is 22.4 Å². The first kappa shape index (κ1) is 11.1. The number of allylic oxidation sites excluding steroid dienone is 1. The Morgan fingerprint density at radius 2 is 2.38 bits per heavy atom. The van der Waals surface area contributed by atoms with Gasteiger partial charge in [-0.05, 0) is 32.4 Å². The first-order valence-corrected chi connectivity index (χ1v) is 5.72. The van der Waals surface area contributed by atoms with Gasteiger partial charge in [0, 0.05) is 11.8 Å². The van der Waals surface area contributed by atoms with Crippen LogP contribution in [0.2, 0.25) is 0 Å². The molecule has 1 atom stereocenters. The topological polar surface area (TPSA) is 34.2 Å². The molecule has 0 amide bonds. The van der Waals surface area contributed by atoms with Gasteiger partial charge in [-0.3, -0.25) is 0 Å². The molecule has 1 aromatic rings. The highest BCUT2D eigenvalue weighted by Gasteiger charge is 2.20. The molecular weight excluding hydrogens is 200 g/mol. The van der Waals surface area contributed by atoms with Gasteiger partial charge in [0.1, 0.15) is 0 Å². The summed E-state index contributed by atoms with van der Waals surface area (Å²) in [7, 11) is 3.65. The van der Waals surface area contributed by atoms with Gasteiger partial charge < -0.3 is 10.1 Å². The Labute approximate surface area is 96.5 Å². The third-order valence-electron chi connectivity index (χ3n) is 3.04. The Hall–Kier alpha value is -1.35. The van der Waals surface area contributed by atoms with Gasteiger partial charge in [0.2, 0.25) is 5.88 Å². The third-order valence-corrected chi connectivity index (χ3v) is 3.04. The Morgan fingerprint density at radius 1 is 1.50 bits per heavy atom. The Morgan fingerprint density at radius 3 is 3.00 bits per heavy atom. The fourth-order valence-electron chi connectivity index (χ4n) is 2.29. The number of likely N-dealkylation sites (N-methyl/N-ethyl adjacent to an activating group) is 1. The van der Waals surface area contributed by atoms with Crippen molar-refractivity contribution in [1.82, 2.24) is 10.3 Å². The van der Waals surface area contributed by atoms with E-state index in [1.165, 1.54) is 24.8 Å². The molecule has 0 spiro atoms. The van der Waals surface area contributed by atoms with Crippen molar-refractivity contribution in [3.63, 3.8) is 0 Å². The lowest BCUT2D eigenvalue weighted by molar-refractivity contribution is 0.387. The maximum absolute atomic E-state index is 5.31. The summed E-state index contributed by atoms with van der Waals surface area (Å²) in [5, 5.41) is 3.35. The van der Waals surface area contributed by atoms with E-state index in [1.54, 1.807) is 13.3 Å². The maximum atomic E-state index is 5.31. The van der Waals surface area contributed by atoms with Gasteiger partial charge >= 0.3 is 0 Å². The first-order chi connectivity index (χ1) is 7.86. The summed E-state index contributed by atoms with van der Waals surface area (Å²) in [6, 6.07) is 4.27. The molecule has 1 aromatic heterocycles. The summed E-state index contributed by atoms with van der Waals surface area (Å²) in [6.45, 7) is 0. The molecule has 1 unspecified atom stereocenters. The van der Waals surface area contributed by atoms with Crippen molar-refractivity contribution in [3.05, 3.63) is 35.5 Å². The van der Waals surface area contributed by atoms with E-state index in [0.717, 1.165) is 11.4 Å². The van der Waals surface area contributed by atoms with E-state index < -0.39 is 0 Å². The Balaban J connectivity index is 2.32. The summed E-state index contributed by atoms with van der Waals surface area (Å²) in [6.07, 6.45) is 7.71. The molecule has 2 rings (SSSR count). The van der Waals surface area contributed by atoms with Crippen LogP contribution in [0, 0.1) is 0 Å². The number of ether oxygens (including phenoxy) is 1. The average Bonchev–Trinajstić information content (AvgIpc) is 2.84. The molecule has 0 aromatic carbocycles. The van der Waals surface area contributed by atoms with Crippen LogP contribution < -0.4 is 10.1 Å². The predicted octanol–water partition coefficient (Wildman–Crippen LogP) is 2.46. The minimum atomic E-state index is 0.242. The molecule has 1 N–H and O–H groups in total. The van der Waals surface area contributed by atoms with Gasteiger partial charge in [-0.25, -0.2) is 4.98 Å². The second kappa shape index (κ2) is 5.12. The number of hydrogen-bond acceptors (Lipinski definition) is 3. The van der Waals surface area contributed by atoms with Gasteiger partial charge in [-0.1, -0.05) is 17.7 Å². The Kier molecular flexibility index (Phi) is 3.57. The number of nitrogens with one attached hydrogen (secondary N) is 1. The van der Waals surface area contributed by atoms with Crippen LogP contribution >= 0.6 is 0 Å². The molecule has 1 heterocycles. The van der Waals surface area contributed by atoms with Crippen molar-refractivity contribution in [2.45, 2.75) is 25.3 Å². The quantitative estimate of drug-likeness (QED) is 0.788. The van der Waals surface area contributed by atoms with Crippen LogP contribution in [0.5, 0.6) is 5.88 Å². The van der Waals surface area contributed by atoms with E-state index in [9.17, 15) is 0 Å². The molecule has 3 nitrogen and oxygen atoms in total. The standard InChI is InChI=1S/C13H18N2O/c1-14-12(10-6-3-4-7-10)11-8-5-9-15-13(11)16-2/h5-6,8-9,12,14H,3-4,7H2,1-2H3. The van der Waals surface area contributed by atoms with E-state index in [0.29, 0.717) is 0 Å². The molecule has 0 aliphatic heterocycles. The monoisotopic (exact) mass is 218 g/mol. The SMILES string of the molecule is CNC(C1=CCCC1)c1cccnc1OC. The van der Waals surface area contributed by atoms with Gasteiger partial charge in [0.25, 0.3) is 0 Å². The van der Waals surface area contributed by atoms with Crippen LogP contribution in [-0.4, -0.2) is 19.1 Å². The number of hydrogen-bond donors (Lipinski definition) is 1. The second-order valence-electron chi connectivity index (χ2n) is 3.99. The van der Waals surface area contributed by atoms with Gasteiger partial charge in [-0.2, -0.15) is 0 Å². The molecule has 0 bridgehead atoms. The number of pyridine rings is 1. The largest absolute Gasteiger partial charge is 0.481 e. The van der Waals surface area contributed by atoms with Crippen molar-refractivity contribution in [2.75, 3.05) is 14.2 Å². The Bertz CT molecular complexity index is 387. The van der Waals surface area contributed by atoms with E-state index in [4.69, 9.17) is 4.74 Å².